The van der Waals surface area contributed by atoms with Crippen LogP contribution in [0.5, 0.6) is 5.75 Å². The van der Waals surface area contributed by atoms with Crippen molar-refractivity contribution in [2.24, 2.45) is 0 Å². The third-order valence-electron chi connectivity index (χ3n) is 3.69. The van der Waals surface area contributed by atoms with Crippen molar-refractivity contribution in [2.45, 2.75) is 19.9 Å². The van der Waals surface area contributed by atoms with Crippen molar-refractivity contribution in [2.75, 3.05) is 19.0 Å². The Labute approximate surface area is 147 Å². The first kappa shape index (κ1) is 16.4. The molecule has 3 rings (SSSR count). The van der Waals surface area contributed by atoms with E-state index in [0.29, 0.717) is 29.6 Å². The second kappa shape index (κ2) is 6.60. The molecule has 0 saturated heterocycles. The normalized spacial score (nSPS) is 16.4. The molecule has 0 aliphatic carbocycles. The number of hydrogen-bond acceptors (Lipinski definition) is 7. The quantitative estimate of drug-likeness (QED) is 0.796. The summed E-state index contributed by atoms with van der Waals surface area (Å²) in [5.41, 5.74) is 1.88. The summed E-state index contributed by atoms with van der Waals surface area (Å²) in [4.78, 5) is 12.4. The molecule has 0 bridgehead atoms. The summed E-state index contributed by atoms with van der Waals surface area (Å²) in [5, 5.41) is 14.7. The number of benzene rings is 1. The predicted molar refractivity (Wildman–Crippen MR) is 89.6 cm³/mol. The number of esters is 1. The van der Waals surface area contributed by atoms with Crippen LogP contribution in [-0.2, 0) is 9.53 Å². The third-order valence-corrected chi connectivity index (χ3v) is 4.41. The van der Waals surface area contributed by atoms with Crippen LogP contribution < -0.4 is 10.1 Å². The molecule has 8 nitrogen and oxygen atoms in total. The molecule has 1 atom stereocenters. The molecule has 1 aromatic carbocycles. The summed E-state index contributed by atoms with van der Waals surface area (Å²) in [6, 6.07) is 5.06. The van der Waals surface area contributed by atoms with E-state index in [4.69, 9.17) is 9.47 Å². The molecule has 2 aromatic rings. The van der Waals surface area contributed by atoms with E-state index in [1.54, 1.807) is 11.6 Å². The number of carbonyl (C=O) groups excluding carboxylic acids is 1. The zero-order chi connectivity index (χ0) is 17.3. The largest absolute Gasteiger partial charge is 0.494 e. The zero-order valence-electron chi connectivity index (χ0n) is 13.4. The minimum atomic E-state index is -0.529. The standard InChI is InChI=1S/C15H16BrN5O3/c1-4-24-9-5-6-11(16)10(7-9)13-12(14(22)23-3)8(2)17-15-18-19-20-21(13)15/h5-7,13H,4H2,1-3H3,(H,17,18,20)/t13-/m1/s1. The Balaban J connectivity index is 2.20. The average molecular weight is 394 g/mol. The van der Waals surface area contributed by atoms with Gasteiger partial charge < -0.3 is 14.8 Å². The number of nitrogens with one attached hydrogen (secondary N) is 1. The van der Waals surface area contributed by atoms with Crippen LogP contribution in [0.2, 0.25) is 0 Å². The number of methoxy groups -OCH3 is 1. The highest BCUT2D eigenvalue weighted by atomic mass is 79.9. The smallest absolute Gasteiger partial charge is 0.338 e. The molecular weight excluding hydrogens is 378 g/mol. The lowest BCUT2D eigenvalue weighted by atomic mass is 9.95. The lowest BCUT2D eigenvalue weighted by Gasteiger charge is -2.28. The third kappa shape index (κ3) is 2.75. The molecule has 0 saturated carbocycles. The molecule has 24 heavy (non-hydrogen) atoms. The van der Waals surface area contributed by atoms with Gasteiger partial charge in [-0.25, -0.2) is 4.79 Å². The Morgan fingerprint density at radius 2 is 2.25 bits per heavy atom. The number of anilines is 1. The molecule has 0 spiro atoms. The van der Waals surface area contributed by atoms with Gasteiger partial charge in [-0.1, -0.05) is 21.0 Å². The number of aromatic nitrogens is 4. The minimum Gasteiger partial charge on any atom is -0.494 e. The number of nitrogens with zero attached hydrogens (tertiary/aromatic N) is 4. The van der Waals surface area contributed by atoms with E-state index in [1.807, 2.05) is 25.1 Å². The second-order valence-electron chi connectivity index (χ2n) is 5.12. The Morgan fingerprint density at radius 3 is 2.96 bits per heavy atom. The SMILES string of the molecule is CCOc1ccc(Br)c([C@@H]2C(C(=O)OC)=C(C)Nc3nnnn32)c1. The first-order valence-electron chi connectivity index (χ1n) is 7.33. The molecule has 9 heteroatoms. The molecule has 2 heterocycles. The van der Waals surface area contributed by atoms with Crippen LogP contribution in [0.4, 0.5) is 5.95 Å². The molecule has 0 unspecified atom stereocenters. The van der Waals surface area contributed by atoms with Gasteiger partial charge in [-0.15, -0.1) is 0 Å². The summed E-state index contributed by atoms with van der Waals surface area (Å²) in [7, 11) is 1.35. The molecule has 0 radical (unpaired) electrons. The van der Waals surface area contributed by atoms with Crippen molar-refractivity contribution in [1.82, 2.24) is 20.2 Å². The fraction of sp³-hybridized carbons (Fsp3) is 0.333. The summed E-state index contributed by atoms with van der Waals surface area (Å²) in [6.07, 6.45) is 0. The van der Waals surface area contributed by atoms with Crippen LogP contribution in [0, 0.1) is 0 Å². The van der Waals surface area contributed by atoms with Gasteiger partial charge in [0.1, 0.15) is 11.8 Å². The summed E-state index contributed by atoms with van der Waals surface area (Å²) in [5.74, 6) is 0.712. The van der Waals surface area contributed by atoms with Gasteiger partial charge in [0, 0.05) is 10.2 Å². The highest BCUT2D eigenvalue weighted by molar-refractivity contribution is 9.10. The van der Waals surface area contributed by atoms with Crippen molar-refractivity contribution in [1.29, 1.82) is 0 Å². The first-order valence-corrected chi connectivity index (χ1v) is 8.12. The van der Waals surface area contributed by atoms with E-state index in [2.05, 4.69) is 36.8 Å². The Morgan fingerprint density at radius 1 is 1.46 bits per heavy atom. The molecule has 0 fully saturated rings. The Kier molecular flexibility index (Phi) is 4.52. The van der Waals surface area contributed by atoms with Gasteiger partial charge >= 0.3 is 5.97 Å². The molecular formula is C15H16BrN5O3. The van der Waals surface area contributed by atoms with E-state index in [-0.39, 0.29) is 0 Å². The molecule has 1 aliphatic rings. The van der Waals surface area contributed by atoms with Gasteiger partial charge in [-0.05, 0) is 48.0 Å². The van der Waals surface area contributed by atoms with E-state index in [1.165, 1.54) is 7.11 Å². The number of ether oxygens (including phenoxy) is 2. The number of halogens is 1. The Hall–Kier alpha value is -2.42. The van der Waals surface area contributed by atoms with Crippen LogP contribution in [0.15, 0.2) is 33.9 Å². The van der Waals surface area contributed by atoms with Crippen molar-refractivity contribution in [3.63, 3.8) is 0 Å². The molecule has 1 N–H and O–H groups in total. The van der Waals surface area contributed by atoms with Gasteiger partial charge in [-0.3, -0.25) is 0 Å². The molecule has 126 valence electrons. The van der Waals surface area contributed by atoms with Crippen molar-refractivity contribution >= 4 is 27.8 Å². The van der Waals surface area contributed by atoms with Gasteiger partial charge in [0.2, 0.25) is 5.95 Å². The topological polar surface area (TPSA) is 91.2 Å². The molecule has 1 aliphatic heterocycles. The van der Waals surface area contributed by atoms with E-state index in [0.717, 1.165) is 10.0 Å². The zero-order valence-corrected chi connectivity index (χ0v) is 15.0. The predicted octanol–water partition coefficient (Wildman–Crippen LogP) is 2.30. The maximum Gasteiger partial charge on any atom is 0.338 e. The number of carbonyl (C=O) groups is 1. The number of tetrazole rings is 1. The van der Waals surface area contributed by atoms with Crippen molar-refractivity contribution in [3.8, 4) is 5.75 Å². The average Bonchev–Trinajstić information content (AvgIpc) is 3.03. The highest BCUT2D eigenvalue weighted by Gasteiger charge is 2.35. The van der Waals surface area contributed by atoms with Crippen molar-refractivity contribution < 1.29 is 14.3 Å². The summed E-state index contributed by atoms with van der Waals surface area (Å²) in [6.45, 7) is 4.25. The van der Waals surface area contributed by atoms with Gasteiger partial charge in [0.25, 0.3) is 0 Å². The minimum absolute atomic E-state index is 0.437. The Bertz CT molecular complexity index is 817. The second-order valence-corrected chi connectivity index (χ2v) is 5.98. The van der Waals surface area contributed by atoms with E-state index < -0.39 is 12.0 Å². The monoisotopic (exact) mass is 393 g/mol. The molecule has 1 aromatic heterocycles. The fourth-order valence-corrected chi connectivity index (χ4v) is 3.13. The van der Waals surface area contributed by atoms with Gasteiger partial charge in [0.05, 0.1) is 19.3 Å². The summed E-state index contributed by atoms with van der Waals surface area (Å²) >= 11 is 3.54. The van der Waals surface area contributed by atoms with Gasteiger partial charge in [-0.2, -0.15) is 4.68 Å². The lowest BCUT2D eigenvalue weighted by molar-refractivity contribution is -0.136. The van der Waals surface area contributed by atoms with E-state index in [9.17, 15) is 4.79 Å². The van der Waals surface area contributed by atoms with Crippen LogP contribution >= 0.6 is 15.9 Å². The maximum absolute atomic E-state index is 12.4. The fourth-order valence-electron chi connectivity index (χ4n) is 2.66. The first-order chi connectivity index (χ1) is 11.6. The lowest BCUT2D eigenvalue weighted by Crippen LogP contribution is -2.29. The number of hydrogen-bond donors (Lipinski definition) is 1. The number of allylic oxidation sites excluding steroid dienone is 1. The van der Waals surface area contributed by atoms with Crippen LogP contribution in [-0.4, -0.2) is 39.9 Å². The van der Waals surface area contributed by atoms with E-state index >= 15 is 0 Å². The number of rotatable bonds is 4. The van der Waals surface area contributed by atoms with Crippen LogP contribution in [0.1, 0.15) is 25.5 Å². The summed E-state index contributed by atoms with van der Waals surface area (Å²) < 4.78 is 12.9. The van der Waals surface area contributed by atoms with Crippen LogP contribution in [0.3, 0.4) is 0 Å². The van der Waals surface area contributed by atoms with Crippen molar-refractivity contribution in [3.05, 3.63) is 39.5 Å². The number of fused-ring (bicyclic) bond motifs is 1. The maximum atomic E-state index is 12.4. The highest BCUT2D eigenvalue weighted by Crippen LogP contribution is 2.39. The van der Waals surface area contributed by atoms with Gasteiger partial charge in [0.15, 0.2) is 0 Å². The molecule has 0 amide bonds. The van der Waals surface area contributed by atoms with Crippen LogP contribution in [0.25, 0.3) is 0 Å².